The zero-order valence-electron chi connectivity index (χ0n) is 10.4. The van der Waals surface area contributed by atoms with Crippen LogP contribution in [0.15, 0.2) is 24.4 Å². The third kappa shape index (κ3) is 2.73. The Morgan fingerprint density at radius 3 is 2.89 bits per heavy atom. The number of rotatable bonds is 5. The quantitative estimate of drug-likeness (QED) is 0.823. The zero-order valence-corrected chi connectivity index (χ0v) is 10.4. The summed E-state index contributed by atoms with van der Waals surface area (Å²) in [4.78, 5) is 0. The molecule has 2 N–H and O–H groups in total. The Labute approximate surface area is 106 Å². The van der Waals surface area contributed by atoms with Crippen molar-refractivity contribution in [2.45, 2.75) is 26.2 Å². The van der Waals surface area contributed by atoms with E-state index in [2.05, 4.69) is 10.3 Å². The minimum atomic E-state index is -0.284. The summed E-state index contributed by atoms with van der Waals surface area (Å²) in [7, 11) is 0. The van der Waals surface area contributed by atoms with Crippen LogP contribution in [-0.4, -0.2) is 21.5 Å². The third-order valence-corrected chi connectivity index (χ3v) is 2.85. The molecule has 2 aromatic rings. The molecule has 1 aromatic heterocycles. The van der Waals surface area contributed by atoms with Gasteiger partial charge >= 0.3 is 0 Å². The average Bonchev–Trinajstić information content (AvgIpc) is 2.78. The number of unbranched alkanes of at least 4 members (excludes halogenated alkanes) is 1. The van der Waals surface area contributed by atoms with Crippen LogP contribution in [0.1, 0.15) is 24.1 Å². The maximum absolute atomic E-state index is 13.7. The van der Waals surface area contributed by atoms with E-state index in [9.17, 15) is 4.39 Å². The molecule has 18 heavy (non-hydrogen) atoms. The predicted molar refractivity (Wildman–Crippen MR) is 68.0 cm³/mol. The van der Waals surface area contributed by atoms with Crippen LogP contribution in [0.2, 0.25) is 0 Å². The number of para-hydroxylation sites is 1. The van der Waals surface area contributed by atoms with Crippen LogP contribution in [0.25, 0.3) is 5.69 Å². The van der Waals surface area contributed by atoms with Gasteiger partial charge < -0.3 is 5.73 Å². The lowest BCUT2D eigenvalue weighted by molar-refractivity contribution is 0.605. The van der Waals surface area contributed by atoms with Gasteiger partial charge in [-0.25, -0.2) is 9.07 Å². The molecule has 0 amide bonds. The largest absolute Gasteiger partial charge is 0.330 e. The Morgan fingerprint density at radius 1 is 1.33 bits per heavy atom. The van der Waals surface area contributed by atoms with Gasteiger partial charge in [-0.15, -0.1) is 5.10 Å². The molecular weight excluding hydrogens is 231 g/mol. The monoisotopic (exact) mass is 248 g/mol. The van der Waals surface area contributed by atoms with E-state index in [-0.39, 0.29) is 5.82 Å². The van der Waals surface area contributed by atoms with Crippen molar-refractivity contribution < 1.29 is 4.39 Å². The summed E-state index contributed by atoms with van der Waals surface area (Å²) in [5.74, 6) is -0.284. The molecular formula is C13H17FN4. The highest BCUT2D eigenvalue weighted by atomic mass is 19.1. The molecule has 0 radical (unpaired) electrons. The molecule has 0 bridgehead atoms. The third-order valence-electron chi connectivity index (χ3n) is 2.85. The van der Waals surface area contributed by atoms with E-state index in [0.717, 1.165) is 30.5 Å². The highest BCUT2D eigenvalue weighted by Gasteiger charge is 2.10. The Kier molecular flexibility index (Phi) is 4.04. The second-order valence-corrected chi connectivity index (χ2v) is 4.31. The van der Waals surface area contributed by atoms with Crippen molar-refractivity contribution in [3.63, 3.8) is 0 Å². The molecule has 96 valence electrons. The summed E-state index contributed by atoms with van der Waals surface area (Å²) in [6, 6.07) is 4.97. The number of nitrogens with two attached hydrogens (primary N) is 1. The van der Waals surface area contributed by atoms with Gasteiger partial charge in [-0.05, 0) is 44.4 Å². The lowest BCUT2D eigenvalue weighted by atomic mass is 10.2. The standard InChI is InChI=1S/C13H17FN4/c1-10-5-4-7-12(14)13(10)18-9-11(16-17-18)6-2-3-8-15/h4-5,7,9H,2-3,6,8,15H2,1H3. The lowest BCUT2D eigenvalue weighted by Gasteiger charge is -2.05. The van der Waals surface area contributed by atoms with Crippen LogP contribution in [0, 0.1) is 12.7 Å². The first-order valence-electron chi connectivity index (χ1n) is 6.09. The van der Waals surface area contributed by atoms with Crippen molar-refractivity contribution in [3.05, 3.63) is 41.5 Å². The molecule has 0 aliphatic heterocycles. The van der Waals surface area contributed by atoms with E-state index in [1.54, 1.807) is 12.3 Å². The van der Waals surface area contributed by atoms with Crippen molar-refractivity contribution in [3.8, 4) is 5.69 Å². The molecule has 0 saturated heterocycles. The molecule has 0 aliphatic rings. The minimum absolute atomic E-state index is 0.284. The SMILES string of the molecule is Cc1cccc(F)c1-n1cc(CCCCN)nn1. The Balaban J connectivity index is 2.19. The van der Waals surface area contributed by atoms with Crippen molar-refractivity contribution in [2.24, 2.45) is 5.73 Å². The summed E-state index contributed by atoms with van der Waals surface area (Å²) in [5, 5.41) is 8.03. The number of nitrogens with zero attached hydrogens (tertiary/aromatic N) is 3. The van der Waals surface area contributed by atoms with E-state index in [1.807, 2.05) is 13.0 Å². The summed E-state index contributed by atoms with van der Waals surface area (Å²) < 4.78 is 15.2. The number of hydrogen-bond acceptors (Lipinski definition) is 3. The molecule has 0 spiro atoms. The van der Waals surface area contributed by atoms with Crippen LogP contribution in [0.3, 0.4) is 0 Å². The second kappa shape index (κ2) is 5.73. The zero-order chi connectivity index (χ0) is 13.0. The first-order valence-corrected chi connectivity index (χ1v) is 6.09. The van der Waals surface area contributed by atoms with Crippen molar-refractivity contribution >= 4 is 0 Å². The highest BCUT2D eigenvalue weighted by molar-refractivity contribution is 5.40. The molecule has 1 aromatic carbocycles. The van der Waals surface area contributed by atoms with Crippen molar-refractivity contribution in [1.82, 2.24) is 15.0 Å². The van der Waals surface area contributed by atoms with Gasteiger partial charge in [-0.3, -0.25) is 0 Å². The van der Waals surface area contributed by atoms with Crippen LogP contribution in [-0.2, 0) is 6.42 Å². The van der Waals surface area contributed by atoms with E-state index >= 15 is 0 Å². The fourth-order valence-electron chi connectivity index (χ4n) is 1.89. The minimum Gasteiger partial charge on any atom is -0.330 e. The molecule has 0 aliphatic carbocycles. The molecule has 1 heterocycles. The normalized spacial score (nSPS) is 10.8. The van der Waals surface area contributed by atoms with E-state index in [1.165, 1.54) is 10.7 Å². The molecule has 0 fully saturated rings. The molecule has 4 nitrogen and oxygen atoms in total. The topological polar surface area (TPSA) is 56.7 Å². The molecule has 0 atom stereocenters. The lowest BCUT2D eigenvalue weighted by Crippen LogP contribution is -2.01. The Hall–Kier alpha value is -1.75. The van der Waals surface area contributed by atoms with Gasteiger partial charge in [-0.1, -0.05) is 17.3 Å². The van der Waals surface area contributed by atoms with Gasteiger partial charge in [0.15, 0.2) is 0 Å². The summed E-state index contributed by atoms with van der Waals surface area (Å²) >= 11 is 0. The average molecular weight is 248 g/mol. The first kappa shape index (κ1) is 12.7. The first-order chi connectivity index (χ1) is 8.72. The number of hydrogen-bond donors (Lipinski definition) is 1. The van der Waals surface area contributed by atoms with Crippen molar-refractivity contribution in [1.29, 1.82) is 0 Å². The number of aryl methyl sites for hydroxylation is 2. The summed E-state index contributed by atoms with van der Waals surface area (Å²) in [6.45, 7) is 2.54. The van der Waals surface area contributed by atoms with Gasteiger partial charge in [0, 0.05) is 0 Å². The van der Waals surface area contributed by atoms with E-state index in [0.29, 0.717) is 12.2 Å². The number of aromatic nitrogens is 3. The van der Waals surface area contributed by atoms with Gasteiger partial charge in [-0.2, -0.15) is 0 Å². The van der Waals surface area contributed by atoms with E-state index < -0.39 is 0 Å². The van der Waals surface area contributed by atoms with Crippen LogP contribution >= 0.6 is 0 Å². The molecule has 5 heteroatoms. The second-order valence-electron chi connectivity index (χ2n) is 4.31. The summed E-state index contributed by atoms with van der Waals surface area (Å²) in [5.41, 5.74) is 7.61. The summed E-state index contributed by atoms with van der Waals surface area (Å²) in [6.07, 6.45) is 4.55. The molecule has 2 rings (SSSR count). The fourth-order valence-corrected chi connectivity index (χ4v) is 1.89. The van der Waals surface area contributed by atoms with Gasteiger partial charge in [0.05, 0.1) is 11.9 Å². The highest BCUT2D eigenvalue weighted by Crippen LogP contribution is 2.17. The van der Waals surface area contributed by atoms with Gasteiger partial charge in [0.25, 0.3) is 0 Å². The van der Waals surface area contributed by atoms with Gasteiger partial charge in [0.2, 0.25) is 0 Å². The van der Waals surface area contributed by atoms with Crippen LogP contribution in [0.4, 0.5) is 4.39 Å². The van der Waals surface area contributed by atoms with Crippen molar-refractivity contribution in [2.75, 3.05) is 6.54 Å². The smallest absolute Gasteiger partial charge is 0.149 e. The van der Waals surface area contributed by atoms with E-state index in [4.69, 9.17) is 5.73 Å². The fraction of sp³-hybridized carbons (Fsp3) is 0.385. The molecule has 0 saturated carbocycles. The van der Waals surface area contributed by atoms with Gasteiger partial charge in [0.1, 0.15) is 11.5 Å². The Morgan fingerprint density at radius 2 is 2.17 bits per heavy atom. The Bertz CT molecular complexity index is 501. The number of benzene rings is 1. The predicted octanol–water partition coefficient (Wildman–Crippen LogP) is 2.00. The van der Waals surface area contributed by atoms with Crippen LogP contribution in [0.5, 0.6) is 0 Å². The maximum atomic E-state index is 13.7. The maximum Gasteiger partial charge on any atom is 0.149 e. The number of halogens is 1. The molecule has 0 unspecified atom stereocenters. The van der Waals surface area contributed by atoms with Crippen LogP contribution < -0.4 is 5.73 Å².